The van der Waals surface area contributed by atoms with Crippen LogP contribution in [0, 0.1) is 11.6 Å². The number of carbonyl (C=O) groups excluding carboxylic acids is 1. The van der Waals surface area contributed by atoms with E-state index in [0.29, 0.717) is 22.6 Å². The number of nitrogen functional groups attached to an aromatic ring is 1. The van der Waals surface area contributed by atoms with Crippen LogP contribution in [0.5, 0.6) is 0 Å². The van der Waals surface area contributed by atoms with Gasteiger partial charge in [-0.25, -0.2) is 8.78 Å². The van der Waals surface area contributed by atoms with Gasteiger partial charge in [0.05, 0.1) is 35.2 Å². The van der Waals surface area contributed by atoms with Crippen LogP contribution in [0.3, 0.4) is 0 Å². The molecule has 0 bridgehead atoms. The predicted molar refractivity (Wildman–Crippen MR) is 130 cm³/mol. The van der Waals surface area contributed by atoms with Gasteiger partial charge in [0.15, 0.2) is 0 Å². The van der Waals surface area contributed by atoms with Crippen molar-refractivity contribution in [3.63, 3.8) is 0 Å². The van der Waals surface area contributed by atoms with Crippen molar-refractivity contribution in [2.45, 2.75) is 6.54 Å². The number of rotatable bonds is 5. The molecule has 0 fully saturated rings. The maximum Gasteiger partial charge on any atom is 0.244 e. The zero-order valence-electron chi connectivity index (χ0n) is 18.0. The fraction of sp³-hybridized carbons (Fsp3) is 0.0370. The number of aromatic nitrogens is 2. The minimum Gasteiger partial charge on any atom is -0.399 e. The third-order valence-corrected chi connectivity index (χ3v) is 5.53. The van der Waals surface area contributed by atoms with Gasteiger partial charge in [0.2, 0.25) is 5.91 Å². The Hall–Kier alpha value is -4.52. The molecule has 5 rings (SSSR count). The highest BCUT2D eigenvalue weighted by Crippen LogP contribution is 2.32. The van der Waals surface area contributed by atoms with Crippen LogP contribution in [0.2, 0.25) is 0 Å². The Labute approximate surface area is 194 Å². The average Bonchev–Trinajstić information content (AvgIpc) is 3.15. The Bertz CT molecular complexity index is 1530. The fourth-order valence-electron chi connectivity index (χ4n) is 3.97. The zero-order chi connectivity index (χ0) is 23.7. The van der Waals surface area contributed by atoms with Crippen LogP contribution >= 0.6 is 0 Å². The number of carbonyl (C=O) groups is 1. The molecule has 0 aliphatic carbocycles. The zero-order valence-corrected chi connectivity index (χ0v) is 18.0. The first-order valence-electron chi connectivity index (χ1n) is 10.6. The van der Waals surface area contributed by atoms with Crippen LogP contribution in [0.25, 0.3) is 33.6 Å². The highest BCUT2D eigenvalue weighted by Gasteiger charge is 2.14. The molecule has 0 spiro atoms. The molecule has 168 valence electrons. The third-order valence-electron chi connectivity index (χ3n) is 5.53. The second-order valence-electron chi connectivity index (χ2n) is 7.89. The molecule has 5 aromatic rings. The lowest BCUT2D eigenvalue weighted by atomic mass is 10.1. The summed E-state index contributed by atoms with van der Waals surface area (Å²) >= 11 is 0. The van der Waals surface area contributed by atoms with Crippen molar-refractivity contribution in [3.05, 3.63) is 108 Å². The van der Waals surface area contributed by atoms with Crippen molar-refractivity contribution in [2.24, 2.45) is 0 Å². The number of nitrogens with two attached hydrogens (primary N) is 1. The monoisotopic (exact) mass is 454 g/mol. The maximum absolute atomic E-state index is 13.9. The molecular weight excluding hydrogens is 434 g/mol. The van der Waals surface area contributed by atoms with Gasteiger partial charge in [-0.2, -0.15) is 0 Å². The van der Waals surface area contributed by atoms with E-state index in [1.165, 1.54) is 18.2 Å². The Kier molecular flexibility index (Phi) is 5.51. The van der Waals surface area contributed by atoms with Gasteiger partial charge in [0.1, 0.15) is 11.6 Å². The predicted octanol–water partition coefficient (Wildman–Crippen LogP) is 5.37. The van der Waals surface area contributed by atoms with Gasteiger partial charge in [-0.3, -0.25) is 9.78 Å². The lowest BCUT2D eigenvalue weighted by Gasteiger charge is -2.08. The number of pyridine rings is 1. The molecule has 2 aromatic heterocycles. The van der Waals surface area contributed by atoms with Crippen LogP contribution < -0.4 is 11.1 Å². The van der Waals surface area contributed by atoms with Crippen molar-refractivity contribution in [1.29, 1.82) is 0 Å². The fourth-order valence-corrected chi connectivity index (χ4v) is 3.97. The highest BCUT2D eigenvalue weighted by atomic mass is 19.1. The summed E-state index contributed by atoms with van der Waals surface area (Å²) < 4.78 is 29.6. The summed E-state index contributed by atoms with van der Waals surface area (Å²) in [5.41, 5.74) is 9.75. The summed E-state index contributed by atoms with van der Waals surface area (Å²) in [6.45, 7) is 0.231. The number of amides is 1. The van der Waals surface area contributed by atoms with E-state index in [2.05, 4.69) is 10.3 Å². The van der Waals surface area contributed by atoms with Gasteiger partial charge in [-0.15, -0.1) is 0 Å². The smallest absolute Gasteiger partial charge is 0.244 e. The molecule has 0 saturated heterocycles. The molecular formula is C27H20F2N4O. The number of anilines is 1. The van der Waals surface area contributed by atoms with Crippen molar-refractivity contribution in [3.8, 4) is 5.69 Å². The highest BCUT2D eigenvalue weighted by molar-refractivity contribution is 6.09. The van der Waals surface area contributed by atoms with E-state index in [-0.39, 0.29) is 12.5 Å². The van der Waals surface area contributed by atoms with E-state index in [0.717, 1.165) is 27.9 Å². The molecule has 0 aliphatic heterocycles. The van der Waals surface area contributed by atoms with Crippen LogP contribution in [0.15, 0.2) is 85.1 Å². The molecule has 2 heterocycles. The number of nitrogens with zero attached hydrogens (tertiary/aromatic N) is 2. The summed E-state index contributed by atoms with van der Waals surface area (Å²) in [6.07, 6.45) is 4.81. The number of hydrogen-bond donors (Lipinski definition) is 2. The van der Waals surface area contributed by atoms with Gasteiger partial charge in [0, 0.05) is 28.6 Å². The summed E-state index contributed by atoms with van der Waals surface area (Å²) in [5.74, 6) is -1.56. The summed E-state index contributed by atoms with van der Waals surface area (Å²) in [5, 5.41) is 4.62. The molecule has 0 unspecified atom stereocenters. The van der Waals surface area contributed by atoms with Gasteiger partial charge >= 0.3 is 0 Å². The molecule has 0 atom stereocenters. The lowest BCUT2D eigenvalue weighted by molar-refractivity contribution is -0.116. The molecule has 7 heteroatoms. The van der Waals surface area contributed by atoms with Gasteiger partial charge in [-0.1, -0.05) is 30.3 Å². The Balaban J connectivity index is 1.44. The number of para-hydroxylation sites is 1. The van der Waals surface area contributed by atoms with Crippen molar-refractivity contribution < 1.29 is 13.6 Å². The lowest BCUT2D eigenvalue weighted by Crippen LogP contribution is -2.20. The van der Waals surface area contributed by atoms with Crippen LogP contribution in [-0.2, 0) is 11.3 Å². The standard InChI is InChI=1S/C27H20F2N4O/c28-18-11-19(29)13-22(12-18)33-25-4-2-1-3-23(25)24-14-21(31-16-26(24)33)15-32-27(34)10-7-17-5-8-20(30)9-6-17/h1-14,16H,15,30H2,(H,32,34)/b10-7+. The van der Waals surface area contributed by atoms with Gasteiger partial charge < -0.3 is 15.6 Å². The van der Waals surface area contributed by atoms with E-state index in [4.69, 9.17) is 5.73 Å². The molecule has 0 aliphatic rings. The van der Waals surface area contributed by atoms with Gasteiger partial charge in [0.25, 0.3) is 0 Å². The van der Waals surface area contributed by atoms with Crippen molar-refractivity contribution in [1.82, 2.24) is 14.9 Å². The van der Waals surface area contributed by atoms with Crippen LogP contribution in [-0.4, -0.2) is 15.5 Å². The van der Waals surface area contributed by atoms with Crippen LogP contribution in [0.1, 0.15) is 11.3 Å². The quantitative estimate of drug-likeness (QED) is 0.277. The van der Waals surface area contributed by atoms with Crippen molar-refractivity contribution >= 4 is 39.5 Å². The maximum atomic E-state index is 13.9. The first-order valence-corrected chi connectivity index (χ1v) is 10.6. The molecule has 1 amide bonds. The Morgan fingerprint density at radius 1 is 0.941 bits per heavy atom. The van der Waals surface area contributed by atoms with E-state index < -0.39 is 11.6 Å². The van der Waals surface area contributed by atoms with E-state index in [1.54, 1.807) is 29.0 Å². The summed E-state index contributed by atoms with van der Waals surface area (Å²) in [6, 6.07) is 20.1. The number of benzene rings is 3. The normalized spacial score (nSPS) is 11.5. The van der Waals surface area contributed by atoms with E-state index in [1.807, 2.05) is 42.5 Å². The van der Waals surface area contributed by atoms with Crippen LogP contribution in [0.4, 0.5) is 14.5 Å². The second-order valence-corrected chi connectivity index (χ2v) is 7.89. The SMILES string of the molecule is Nc1ccc(/C=C/C(=O)NCc2cc3c4ccccc4n(-c4cc(F)cc(F)c4)c3cn2)cc1. The largest absolute Gasteiger partial charge is 0.399 e. The minimum absolute atomic E-state index is 0.231. The summed E-state index contributed by atoms with van der Waals surface area (Å²) in [7, 11) is 0. The summed E-state index contributed by atoms with van der Waals surface area (Å²) in [4.78, 5) is 16.7. The minimum atomic E-state index is -0.653. The van der Waals surface area contributed by atoms with Crippen molar-refractivity contribution in [2.75, 3.05) is 5.73 Å². The third kappa shape index (κ3) is 4.23. The topological polar surface area (TPSA) is 72.9 Å². The molecule has 3 aromatic carbocycles. The molecule has 3 N–H and O–H groups in total. The molecule has 34 heavy (non-hydrogen) atoms. The number of halogens is 2. The van der Waals surface area contributed by atoms with E-state index in [9.17, 15) is 13.6 Å². The number of nitrogens with one attached hydrogen (secondary N) is 1. The van der Waals surface area contributed by atoms with E-state index >= 15 is 0 Å². The van der Waals surface area contributed by atoms with Gasteiger partial charge in [-0.05, 0) is 48.0 Å². The average molecular weight is 454 g/mol. The number of fused-ring (bicyclic) bond motifs is 3. The number of hydrogen-bond acceptors (Lipinski definition) is 3. The molecule has 5 nitrogen and oxygen atoms in total. The molecule has 0 radical (unpaired) electrons. The first kappa shape index (κ1) is 21.3. The second kappa shape index (κ2) is 8.78. The Morgan fingerprint density at radius 3 is 2.44 bits per heavy atom. The molecule has 0 saturated carbocycles. The first-order chi connectivity index (χ1) is 16.5. The Morgan fingerprint density at radius 2 is 1.68 bits per heavy atom.